The second kappa shape index (κ2) is 6.22. The van der Waals surface area contributed by atoms with E-state index in [-0.39, 0.29) is 12.1 Å². The Hall–Kier alpha value is -1.95. The van der Waals surface area contributed by atoms with Gasteiger partial charge in [-0.25, -0.2) is 4.79 Å². The largest absolute Gasteiger partial charge is 0.481 e. The summed E-state index contributed by atoms with van der Waals surface area (Å²) < 4.78 is 1.55. The predicted octanol–water partition coefficient (Wildman–Crippen LogP) is 2.16. The molecule has 5 nitrogen and oxygen atoms in total. The zero-order chi connectivity index (χ0) is 15.6. The lowest BCUT2D eigenvalue weighted by molar-refractivity contribution is -0.136. The van der Waals surface area contributed by atoms with Crippen molar-refractivity contribution in [1.82, 2.24) is 9.55 Å². The Morgan fingerprint density at radius 3 is 2.57 bits per heavy atom. The highest BCUT2D eigenvalue weighted by Gasteiger charge is 2.14. The monoisotopic (exact) mass is 306 g/mol. The number of hydrogen-bond acceptors (Lipinski definition) is 4. The van der Waals surface area contributed by atoms with Crippen molar-refractivity contribution in [1.29, 1.82) is 0 Å². The Labute approximate surface area is 126 Å². The second-order valence-electron chi connectivity index (χ2n) is 4.92. The first-order valence-corrected chi connectivity index (χ1v) is 7.60. The number of hydrogen-bond donors (Lipinski definition) is 1. The highest BCUT2D eigenvalue weighted by molar-refractivity contribution is 7.11. The van der Waals surface area contributed by atoms with E-state index in [4.69, 9.17) is 5.11 Å². The van der Waals surface area contributed by atoms with Crippen LogP contribution in [0.25, 0.3) is 0 Å². The van der Waals surface area contributed by atoms with Crippen molar-refractivity contribution in [3.05, 3.63) is 49.3 Å². The lowest BCUT2D eigenvalue weighted by Gasteiger charge is -2.13. The molecule has 0 unspecified atom stereocenters. The molecular weight excluding hydrogens is 288 g/mol. The predicted molar refractivity (Wildman–Crippen MR) is 82.1 cm³/mol. The van der Waals surface area contributed by atoms with Gasteiger partial charge in [0.15, 0.2) is 0 Å². The van der Waals surface area contributed by atoms with Crippen LogP contribution in [0.4, 0.5) is 0 Å². The van der Waals surface area contributed by atoms with Gasteiger partial charge in [0, 0.05) is 26.7 Å². The first-order chi connectivity index (χ1) is 9.92. The van der Waals surface area contributed by atoms with Gasteiger partial charge in [-0.15, -0.1) is 11.3 Å². The molecular formula is C15H18N2O3S. The average Bonchev–Trinajstić information content (AvgIpc) is 2.87. The Morgan fingerprint density at radius 2 is 2.00 bits per heavy atom. The van der Waals surface area contributed by atoms with Crippen LogP contribution >= 0.6 is 11.3 Å². The van der Waals surface area contributed by atoms with Crippen molar-refractivity contribution in [3.8, 4) is 0 Å². The van der Waals surface area contributed by atoms with E-state index >= 15 is 0 Å². The molecule has 0 spiro atoms. The first-order valence-electron chi connectivity index (χ1n) is 6.78. The molecule has 6 heteroatoms. The summed E-state index contributed by atoms with van der Waals surface area (Å²) in [5.41, 5.74) is 1.47. The molecule has 1 N–H and O–H groups in total. The van der Waals surface area contributed by atoms with Crippen molar-refractivity contribution in [2.75, 3.05) is 0 Å². The van der Waals surface area contributed by atoms with Gasteiger partial charge in [-0.1, -0.05) is 6.92 Å². The van der Waals surface area contributed by atoms with E-state index in [1.165, 1.54) is 4.88 Å². The summed E-state index contributed by atoms with van der Waals surface area (Å²) in [5.74, 6) is -0.919. The van der Waals surface area contributed by atoms with E-state index in [2.05, 4.69) is 18.0 Å². The lowest BCUT2D eigenvalue weighted by atomic mass is 10.1. The van der Waals surface area contributed by atoms with Gasteiger partial charge in [-0.3, -0.25) is 9.36 Å². The summed E-state index contributed by atoms with van der Waals surface area (Å²) in [6.07, 6.45) is 0.852. The van der Waals surface area contributed by atoms with E-state index in [9.17, 15) is 9.59 Å². The molecule has 2 aromatic heterocycles. The second-order valence-corrected chi connectivity index (χ2v) is 6.17. The van der Waals surface area contributed by atoms with Gasteiger partial charge in [0.05, 0.1) is 13.0 Å². The fraction of sp³-hybridized carbons (Fsp3) is 0.400. The van der Waals surface area contributed by atoms with Crippen LogP contribution in [0.5, 0.6) is 0 Å². The van der Waals surface area contributed by atoms with E-state index in [1.54, 1.807) is 29.8 Å². The molecule has 0 bridgehead atoms. The van der Waals surface area contributed by atoms with Crippen LogP contribution < -0.4 is 5.69 Å². The Kier molecular flexibility index (Phi) is 4.57. The molecule has 2 aromatic rings. The van der Waals surface area contributed by atoms with Gasteiger partial charge in [0.25, 0.3) is 0 Å². The van der Waals surface area contributed by atoms with Crippen molar-refractivity contribution in [3.63, 3.8) is 0 Å². The molecule has 21 heavy (non-hydrogen) atoms. The minimum Gasteiger partial charge on any atom is -0.481 e. The highest BCUT2D eigenvalue weighted by Crippen LogP contribution is 2.19. The standard InChI is InChI=1S/C15H18N2O3S/c1-4-11-5-6-12(21-11)8-17-10(3)13(7-14(18)19)9(2)16-15(17)20/h5-6H,4,7-8H2,1-3H3,(H,18,19). The summed E-state index contributed by atoms with van der Waals surface area (Å²) in [7, 11) is 0. The SMILES string of the molecule is CCc1ccc(Cn2c(C)c(CC(=O)O)c(C)nc2=O)s1. The summed E-state index contributed by atoms with van der Waals surface area (Å²) in [5, 5.41) is 8.99. The number of thiophene rings is 1. The minimum absolute atomic E-state index is 0.115. The van der Waals surface area contributed by atoms with Crippen LogP contribution in [0.2, 0.25) is 0 Å². The van der Waals surface area contributed by atoms with E-state index in [1.807, 2.05) is 6.07 Å². The molecule has 2 heterocycles. The number of aryl methyl sites for hydroxylation is 2. The quantitative estimate of drug-likeness (QED) is 0.919. The zero-order valence-corrected chi connectivity index (χ0v) is 13.2. The molecule has 0 aliphatic heterocycles. The van der Waals surface area contributed by atoms with E-state index in [0.717, 1.165) is 11.3 Å². The summed E-state index contributed by atoms with van der Waals surface area (Å²) in [4.78, 5) is 29.3. The van der Waals surface area contributed by atoms with Crippen LogP contribution in [0, 0.1) is 13.8 Å². The maximum Gasteiger partial charge on any atom is 0.348 e. The molecule has 0 aliphatic carbocycles. The van der Waals surface area contributed by atoms with Crippen LogP contribution in [-0.2, 0) is 24.2 Å². The molecule has 0 saturated heterocycles. The number of nitrogens with zero attached hydrogens (tertiary/aromatic N) is 2. The third kappa shape index (κ3) is 3.39. The molecule has 0 atom stereocenters. The van der Waals surface area contributed by atoms with Crippen LogP contribution in [-0.4, -0.2) is 20.6 Å². The topological polar surface area (TPSA) is 72.2 Å². The number of carboxylic acid groups (broad SMARTS) is 1. The van der Waals surface area contributed by atoms with Gasteiger partial charge in [-0.2, -0.15) is 4.98 Å². The highest BCUT2D eigenvalue weighted by atomic mass is 32.1. The normalized spacial score (nSPS) is 10.8. The Morgan fingerprint density at radius 1 is 1.33 bits per heavy atom. The van der Waals surface area contributed by atoms with Crippen LogP contribution in [0.15, 0.2) is 16.9 Å². The molecule has 2 rings (SSSR count). The fourth-order valence-electron chi connectivity index (χ4n) is 2.29. The van der Waals surface area contributed by atoms with Crippen LogP contribution in [0.3, 0.4) is 0 Å². The van der Waals surface area contributed by atoms with E-state index < -0.39 is 5.97 Å². The maximum atomic E-state index is 12.1. The molecule has 0 amide bonds. The Bertz CT molecular complexity index is 731. The van der Waals surface area contributed by atoms with Gasteiger partial charge >= 0.3 is 11.7 Å². The number of carboxylic acids is 1. The summed E-state index contributed by atoms with van der Waals surface area (Å²) >= 11 is 1.67. The third-order valence-electron chi connectivity index (χ3n) is 3.48. The zero-order valence-electron chi connectivity index (χ0n) is 12.3. The van der Waals surface area contributed by atoms with Crippen molar-refractivity contribution in [2.24, 2.45) is 0 Å². The van der Waals surface area contributed by atoms with Crippen molar-refractivity contribution < 1.29 is 9.90 Å². The summed E-state index contributed by atoms with van der Waals surface area (Å²) in [6.45, 7) is 5.99. The van der Waals surface area contributed by atoms with Gasteiger partial charge < -0.3 is 5.11 Å². The fourth-order valence-corrected chi connectivity index (χ4v) is 3.23. The number of aromatic nitrogens is 2. The van der Waals surface area contributed by atoms with Crippen molar-refractivity contribution in [2.45, 2.75) is 40.2 Å². The lowest BCUT2D eigenvalue weighted by Crippen LogP contribution is -2.28. The maximum absolute atomic E-state index is 12.1. The molecule has 0 saturated carbocycles. The van der Waals surface area contributed by atoms with Crippen LogP contribution in [0.1, 0.15) is 33.6 Å². The smallest absolute Gasteiger partial charge is 0.348 e. The number of rotatable bonds is 5. The van der Waals surface area contributed by atoms with Gasteiger partial charge in [0.2, 0.25) is 0 Å². The number of aliphatic carboxylic acids is 1. The third-order valence-corrected chi connectivity index (χ3v) is 4.69. The molecule has 0 aromatic carbocycles. The van der Waals surface area contributed by atoms with E-state index in [0.29, 0.717) is 23.5 Å². The summed E-state index contributed by atoms with van der Waals surface area (Å²) in [6, 6.07) is 4.06. The van der Waals surface area contributed by atoms with Gasteiger partial charge in [-0.05, 0) is 32.4 Å². The average molecular weight is 306 g/mol. The Balaban J connectivity index is 2.43. The number of carbonyl (C=O) groups is 1. The van der Waals surface area contributed by atoms with Gasteiger partial charge in [0.1, 0.15) is 0 Å². The minimum atomic E-state index is -0.919. The molecule has 0 aliphatic rings. The molecule has 0 radical (unpaired) electrons. The first kappa shape index (κ1) is 15.4. The molecule has 0 fully saturated rings. The molecule has 112 valence electrons. The van der Waals surface area contributed by atoms with Crippen molar-refractivity contribution >= 4 is 17.3 Å².